The predicted octanol–water partition coefficient (Wildman–Crippen LogP) is 3.87. The van der Waals surface area contributed by atoms with Crippen LogP contribution in [0.15, 0.2) is 18.2 Å². The lowest BCUT2D eigenvalue weighted by Crippen LogP contribution is -2.31. The second kappa shape index (κ2) is 6.20. The minimum Gasteiger partial charge on any atom is -0.326 e. The fourth-order valence-electron chi connectivity index (χ4n) is 2.44. The molecule has 1 heteroatoms. The van der Waals surface area contributed by atoms with E-state index in [-0.39, 0.29) is 5.54 Å². The van der Waals surface area contributed by atoms with E-state index < -0.39 is 0 Å². The van der Waals surface area contributed by atoms with Gasteiger partial charge in [0.15, 0.2) is 0 Å². The summed E-state index contributed by atoms with van der Waals surface area (Å²) in [6, 6.07) is 6.73. The first-order valence-corrected chi connectivity index (χ1v) is 6.86. The van der Waals surface area contributed by atoms with Crippen LogP contribution < -0.4 is 5.73 Å². The van der Waals surface area contributed by atoms with Crippen LogP contribution in [-0.4, -0.2) is 5.54 Å². The summed E-state index contributed by atoms with van der Waals surface area (Å²) in [5.41, 5.74) is 10.6. The van der Waals surface area contributed by atoms with Crippen molar-refractivity contribution in [3.63, 3.8) is 0 Å². The quantitative estimate of drug-likeness (QED) is 0.793. The van der Waals surface area contributed by atoms with Gasteiger partial charge < -0.3 is 5.73 Å². The van der Waals surface area contributed by atoms with Gasteiger partial charge in [-0.05, 0) is 62.6 Å². The molecular weight excluding hydrogens is 206 g/mol. The Labute approximate surface area is 106 Å². The molecule has 1 aromatic rings. The Kier molecular flexibility index (Phi) is 5.20. The molecule has 17 heavy (non-hydrogen) atoms. The van der Waals surface area contributed by atoms with Crippen LogP contribution in [0.4, 0.5) is 0 Å². The minimum absolute atomic E-state index is 0.0330. The van der Waals surface area contributed by atoms with E-state index in [0.29, 0.717) is 0 Å². The molecule has 0 radical (unpaired) electrons. The van der Waals surface area contributed by atoms with Crippen LogP contribution in [0, 0.1) is 0 Å². The molecular formula is C16H27N. The smallest absolute Gasteiger partial charge is 0.00971 e. The molecule has 0 bridgehead atoms. The van der Waals surface area contributed by atoms with E-state index in [9.17, 15) is 0 Å². The highest BCUT2D eigenvalue weighted by Crippen LogP contribution is 2.19. The summed E-state index contributed by atoms with van der Waals surface area (Å²) in [4.78, 5) is 0. The zero-order valence-corrected chi connectivity index (χ0v) is 11.8. The highest BCUT2D eigenvalue weighted by Gasteiger charge is 2.11. The summed E-state index contributed by atoms with van der Waals surface area (Å²) < 4.78 is 0. The summed E-state index contributed by atoms with van der Waals surface area (Å²) in [5, 5.41) is 0. The molecule has 2 N–H and O–H groups in total. The van der Waals surface area contributed by atoms with Crippen molar-refractivity contribution in [3.05, 3.63) is 34.9 Å². The maximum Gasteiger partial charge on any atom is 0.00971 e. The van der Waals surface area contributed by atoms with Crippen LogP contribution in [0.5, 0.6) is 0 Å². The zero-order valence-electron chi connectivity index (χ0n) is 11.8. The molecule has 96 valence electrons. The van der Waals surface area contributed by atoms with Gasteiger partial charge in [0, 0.05) is 5.54 Å². The Morgan fingerprint density at radius 3 is 2.24 bits per heavy atom. The van der Waals surface area contributed by atoms with Gasteiger partial charge in [-0.1, -0.05) is 32.0 Å². The van der Waals surface area contributed by atoms with Crippen LogP contribution in [-0.2, 0) is 19.3 Å². The third-order valence-electron chi connectivity index (χ3n) is 3.37. The Balaban J connectivity index is 2.70. The van der Waals surface area contributed by atoms with Gasteiger partial charge in [0.2, 0.25) is 0 Å². The van der Waals surface area contributed by atoms with Crippen LogP contribution in [0.3, 0.4) is 0 Å². The standard InChI is InChI=1S/C16H27N/c1-5-13-9-7-10-14(15(13)6-2)11-8-12-16(3,4)17/h7,9-10H,5-6,8,11-12,17H2,1-4H3. The van der Waals surface area contributed by atoms with Crippen LogP contribution in [0.2, 0.25) is 0 Å². The summed E-state index contributed by atoms with van der Waals surface area (Å²) >= 11 is 0. The SMILES string of the molecule is CCc1cccc(CCCC(C)(C)N)c1CC. The van der Waals surface area contributed by atoms with E-state index >= 15 is 0 Å². The molecule has 1 rings (SSSR count). The van der Waals surface area contributed by atoms with Gasteiger partial charge in [-0.3, -0.25) is 0 Å². The fraction of sp³-hybridized carbons (Fsp3) is 0.625. The second-order valence-electron chi connectivity index (χ2n) is 5.60. The summed E-state index contributed by atoms with van der Waals surface area (Å²) in [6.45, 7) is 8.71. The van der Waals surface area contributed by atoms with Crippen molar-refractivity contribution in [1.29, 1.82) is 0 Å². The lowest BCUT2D eigenvalue weighted by molar-refractivity contribution is 0.459. The molecule has 0 atom stereocenters. The Morgan fingerprint density at radius 1 is 1.06 bits per heavy atom. The average molecular weight is 233 g/mol. The lowest BCUT2D eigenvalue weighted by atomic mass is 9.91. The molecule has 0 spiro atoms. The van der Waals surface area contributed by atoms with E-state index in [1.54, 1.807) is 5.56 Å². The maximum atomic E-state index is 6.03. The Morgan fingerprint density at radius 2 is 1.71 bits per heavy atom. The minimum atomic E-state index is -0.0330. The van der Waals surface area contributed by atoms with Gasteiger partial charge in [0.25, 0.3) is 0 Å². The molecule has 0 amide bonds. The van der Waals surface area contributed by atoms with Crippen molar-refractivity contribution in [2.45, 2.75) is 65.3 Å². The molecule has 1 nitrogen and oxygen atoms in total. The normalized spacial score (nSPS) is 11.8. The second-order valence-corrected chi connectivity index (χ2v) is 5.60. The van der Waals surface area contributed by atoms with Crippen molar-refractivity contribution in [2.24, 2.45) is 5.73 Å². The van der Waals surface area contributed by atoms with Gasteiger partial charge in [0.05, 0.1) is 0 Å². The van der Waals surface area contributed by atoms with Gasteiger partial charge in [-0.15, -0.1) is 0 Å². The van der Waals surface area contributed by atoms with Crippen molar-refractivity contribution in [3.8, 4) is 0 Å². The van der Waals surface area contributed by atoms with E-state index in [2.05, 4.69) is 45.9 Å². The molecule has 0 aliphatic heterocycles. The zero-order chi connectivity index (χ0) is 12.9. The molecule has 0 heterocycles. The molecule has 0 unspecified atom stereocenters. The molecule has 0 aliphatic rings. The largest absolute Gasteiger partial charge is 0.326 e. The molecule has 0 aliphatic carbocycles. The molecule has 0 fully saturated rings. The molecule has 1 aromatic carbocycles. The van der Waals surface area contributed by atoms with Crippen molar-refractivity contribution >= 4 is 0 Å². The lowest BCUT2D eigenvalue weighted by Gasteiger charge is -2.19. The fourth-order valence-corrected chi connectivity index (χ4v) is 2.44. The third-order valence-corrected chi connectivity index (χ3v) is 3.37. The number of aryl methyl sites for hydroxylation is 2. The Bertz CT molecular complexity index is 347. The van der Waals surface area contributed by atoms with Gasteiger partial charge in [-0.25, -0.2) is 0 Å². The number of rotatable bonds is 6. The maximum absolute atomic E-state index is 6.03. The first-order valence-electron chi connectivity index (χ1n) is 6.86. The van der Waals surface area contributed by atoms with Crippen LogP contribution in [0.25, 0.3) is 0 Å². The van der Waals surface area contributed by atoms with Gasteiger partial charge in [0.1, 0.15) is 0 Å². The first kappa shape index (κ1) is 14.2. The molecule has 0 saturated carbocycles. The highest BCUT2D eigenvalue weighted by atomic mass is 14.7. The van der Waals surface area contributed by atoms with Gasteiger partial charge in [-0.2, -0.15) is 0 Å². The molecule has 0 aromatic heterocycles. The van der Waals surface area contributed by atoms with E-state index in [0.717, 1.165) is 25.7 Å². The van der Waals surface area contributed by atoms with Crippen molar-refractivity contribution < 1.29 is 0 Å². The number of hydrogen-bond donors (Lipinski definition) is 1. The third kappa shape index (κ3) is 4.51. The van der Waals surface area contributed by atoms with Crippen LogP contribution in [0.1, 0.15) is 57.2 Å². The van der Waals surface area contributed by atoms with Gasteiger partial charge >= 0.3 is 0 Å². The van der Waals surface area contributed by atoms with Crippen molar-refractivity contribution in [2.75, 3.05) is 0 Å². The summed E-state index contributed by atoms with van der Waals surface area (Å²) in [6.07, 6.45) is 5.72. The average Bonchev–Trinajstić information content (AvgIpc) is 2.27. The monoisotopic (exact) mass is 233 g/mol. The first-order chi connectivity index (χ1) is 7.98. The van der Waals surface area contributed by atoms with E-state index in [1.807, 2.05) is 0 Å². The van der Waals surface area contributed by atoms with E-state index in [4.69, 9.17) is 5.73 Å². The highest BCUT2D eigenvalue weighted by molar-refractivity contribution is 5.35. The van der Waals surface area contributed by atoms with Crippen LogP contribution >= 0.6 is 0 Å². The Hall–Kier alpha value is -0.820. The molecule has 0 saturated heterocycles. The summed E-state index contributed by atoms with van der Waals surface area (Å²) in [7, 11) is 0. The summed E-state index contributed by atoms with van der Waals surface area (Å²) in [5.74, 6) is 0. The van der Waals surface area contributed by atoms with E-state index in [1.165, 1.54) is 17.5 Å². The number of hydrogen-bond acceptors (Lipinski definition) is 1. The number of nitrogens with two attached hydrogens (primary N) is 1. The topological polar surface area (TPSA) is 26.0 Å². The van der Waals surface area contributed by atoms with Crippen molar-refractivity contribution in [1.82, 2.24) is 0 Å². The predicted molar refractivity (Wildman–Crippen MR) is 76.4 cm³/mol. The number of benzene rings is 1.